The molecule has 0 aliphatic heterocycles. The van der Waals surface area contributed by atoms with Crippen LogP contribution in [-0.2, 0) is 5.41 Å². The Morgan fingerprint density at radius 3 is 2.29 bits per heavy atom. The number of aromatic hydroxyl groups is 1. The number of hydrogen-bond acceptors (Lipinski definition) is 1. The minimum Gasteiger partial charge on any atom is -0.507 e. The standard InChI is InChI=1S/C16H26O/c1-7-8-12(3)13-9-11(2)10-14(15(13)17)16(4,5)6/h9-10,12,17H,7-8H2,1-6H3/t12-/m1/s1. The van der Waals surface area contributed by atoms with Gasteiger partial charge in [0.2, 0.25) is 0 Å². The van der Waals surface area contributed by atoms with Gasteiger partial charge in [0.1, 0.15) is 5.75 Å². The summed E-state index contributed by atoms with van der Waals surface area (Å²) in [6.07, 6.45) is 2.28. The fraction of sp³-hybridized carbons (Fsp3) is 0.625. The van der Waals surface area contributed by atoms with Gasteiger partial charge >= 0.3 is 0 Å². The third kappa shape index (κ3) is 3.24. The van der Waals surface area contributed by atoms with Crippen molar-refractivity contribution in [3.63, 3.8) is 0 Å². The maximum atomic E-state index is 10.4. The van der Waals surface area contributed by atoms with Crippen LogP contribution in [0.25, 0.3) is 0 Å². The van der Waals surface area contributed by atoms with Crippen LogP contribution in [0.15, 0.2) is 12.1 Å². The van der Waals surface area contributed by atoms with E-state index in [0.717, 1.165) is 24.0 Å². The van der Waals surface area contributed by atoms with Gasteiger partial charge in [-0.1, -0.05) is 58.7 Å². The van der Waals surface area contributed by atoms with Gasteiger partial charge in [-0.25, -0.2) is 0 Å². The fourth-order valence-corrected chi connectivity index (χ4v) is 2.34. The van der Waals surface area contributed by atoms with Gasteiger partial charge in [-0.05, 0) is 35.8 Å². The number of phenolic OH excluding ortho intramolecular Hbond substituents is 1. The van der Waals surface area contributed by atoms with Crippen molar-refractivity contribution in [1.29, 1.82) is 0 Å². The first-order chi connectivity index (χ1) is 7.77. The largest absolute Gasteiger partial charge is 0.507 e. The van der Waals surface area contributed by atoms with Crippen molar-refractivity contribution in [3.8, 4) is 5.75 Å². The molecule has 1 aromatic carbocycles. The predicted octanol–water partition coefficient (Wildman–Crippen LogP) is 4.90. The van der Waals surface area contributed by atoms with E-state index >= 15 is 0 Å². The second-order valence-corrected chi connectivity index (χ2v) is 6.19. The van der Waals surface area contributed by atoms with E-state index in [2.05, 4.69) is 53.7 Å². The molecule has 0 saturated carbocycles. The molecule has 0 bridgehead atoms. The molecule has 0 aliphatic carbocycles. The van der Waals surface area contributed by atoms with Gasteiger partial charge in [0.05, 0.1) is 0 Å². The molecule has 0 aliphatic rings. The maximum Gasteiger partial charge on any atom is 0.122 e. The van der Waals surface area contributed by atoms with Gasteiger partial charge in [0, 0.05) is 0 Å². The minimum absolute atomic E-state index is 0.00319. The monoisotopic (exact) mass is 234 g/mol. The van der Waals surface area contributed by atoms with Crippen molar-refractivity contribution in [1.82, 2.24) is 0 Å². The van der Waals surface area contributed by atoms with Crippen molar-refractivity contribution < 1.29 is 5.11 Å². The van der Waals surface area contributed by atoms with Crippen molar-refractivity contribution in [2.24, 2.45) is 0 Å². The van der Waals surface area contributed by atoms with E-state index in [1.807, 2.05) is 0 Å². The third-order valence-electron chi connectivity index (χ3n) is 3.34. The van der Waals surface area contributed by atoms with Gasteiger partial charge in [0.25, 0.3) is 0 Å². The molecule has 1 aromatic rings. The third-order valence-corrected chi connectivity index (χ3v) is 3.34. The SMILES string of the molecule is CCC[C@@H](C)c1cc(C)cc(C(C)(C)C)c1O. The molecule has 1 atom stereocenters. The second-order valence-electron chi connectivity index (χ2n) is 6.19. The Morgan fingerprint density at radius 1 is 1.24 bits per heavy atom. The number of hydrogen-bond donors (Lipinski definition) is 1. The summed E-state index contributed by atoms with van der Waals surface area (Å²) in [6, 6.07) is 4.24. The van der Waals surface area contributed by atoms with Gasteiger partial charge in [-0.2, -0.15) is 0 Å². The van der Waals surface area contributed by atoms with Crippen LogP contribution in [0, 0.1) is 6.92 Å². The lowest BCUT2D eigenvalue weighted by Gasteiger charge is -2.24. The topological polar surface area (TPSA) is 20.2 Å². The highest BCUT2D eigenvalue weighted by Crippen LogP contribution is 2.38. The number of phenols is 1. The smallest absolute Gasteiger partial charge is 0.122 e. The van der Waals surface area contributed by atoms with E-state index in [4.69, 9.17) is 0 Å². The Hall–Kier alpha value is -0.980. The summed E-state index contributed by atoms with van der Waals surface area (Å²) in [5.74, 6) is 0.935. The molecule has 1 rings (SSSR count). The average molecular weight is 234 g/mol. The predicted molar refractivity (Wildman–Crippen MR) is 74.9 cm³/mol. The molecule has 96 valence electrons. The lowest BCUT2D eigenvalue weighted by molar-refractivity contribution is 0.433. The Kier molecular flexibility index (Phi) is 4.24. The van der Waals surface area contributed by atoms with Crippen molar-refractivity contribution in [2.45, 2.75) is 65.7 Å². The van der Waals surface area contributed by atoms with Crippen molar-refractivity contribution in [3.05, 3.63) is 28.8 Å². The van der Waals surface area contributed by atoms with Crippen LogP contribution in [0.2, 0.25) is 0 Å². The van der Waals surface area contributed by atoms with Crippen LogP contribution in [0.3, 0.4) is 0 Å². The van der Waals surface area contributed by atoms with Crippen LogP contribution in [0.5, 0.6) is 5.75 Å². The summed E-state index contributed by atoms with van der Waals surface area (Å²) in [6.45, 7) is 12.9. The Balaban J connectivity index is 3.28. The normalized spacial score (nSPS) is 13.8. The first-order valence-corrected chi connectivity index (χ1v) is 6.61. The molecule has 0 saturated heterocycles. The summed E-state index contributed by atoms with van der Waals surface area (Å²) in [7, 11) is 0. The summed E-state index contributed by atoms with van der Waals surface area (Å²) < 4.78 is 0. The molecule has 0 radical (unpaired) electrons. The molecule has 17 heavy (non-hydrogen) atoms. The van der Waals surface area contributed by atoms with E-state index in [9.17, 15) is 5.11 Å². The zero-order valence-electron chi connectivity index (χ0n) is 12.1. The Labute approximate surface area is 106 Å². The highest BCUT2D eigenvalue weighted by Gasteiger charge is 2.22. The number of rotatable bonds is 3. The Morgan fingerprint density at radius 2 is 1.82 bits per heavy atom. The average Bonchev–Trinajstić information content (AvgIpc) is 2.19. The molecule has 1 N–H and O–H groups in total. The molecule has 1 heteroatoms. The van der Waals surface area contributed by atoms with E-state index in [1.165, 1.54) is 5.56 Å². The minimum atomic E-state index is -0.00319. The highest BCUT2D eigenvalue weighted by atomic mass is 16.3. The van der Waals surface area contributed by atoms with E-state index in [-0.39, 0.29) is 5.41 Å². The van der Waals surface area contributed by atoms with Gasteiger partial charge in [-0.15, -0.1) is 0 Å². The van der Waals surface area contributed by atoms with Crippen molar-refractivity contribution >= 4 is 0 Å². The number of benzene rings is 1. The van der Waals surface area contributed by atoms with E-state index in [0.29, 0.717) is 11.7 Å². The van der Waals surface area contributed by atoms with Crippen LogP contribution >= 0.6 is 0 Å². The van der Waals surface area contributed by atoms with Gasteiger partial charge < -0.3 is 5.11 Å². The molecular formula is C16H26O. The lowest BCUT2D eigenvalue weighted by Crippen LogP contribution is -2.13. The highest BCUT2D eigenvalue weighted by molar-refractivity contribution is 5.48. The van der Waals surface area contributed by atoms with Crippen molar-refractivity contribution in [2.75, 3.05) is 0 Å². The summed E-state index contributed by atoms with van der Waals surface area (Å²) in [5.41, 5.74) is 3.41. The summed E-state index contributed by atoms with van der Waals surface area (Å²) in [4.78, 5) is 0. The summed E-state index contributed by atoms with van der Waals surface area (Å²) >= 11 is 0. The van der Waals surface area contributed by atoms with Crippen LogP contribution in [0.1, 0.15) is 70.1 Å². The fourth-order valence-electron chi connectivity index (χ4n) is 2.34. The maximum absolute atomic E-state index is 10.4. The van der Waals surface area contributed by atoms with Crippen LogP contribution < -0.4 is 0 Å². The van der Waals surface area contributed by atoms with Gasteiger partial charge in [-0.3, -0.25) is 0 Å². The van der Waals surface area contributed by atoms with Gasteiger partial charge in [0.15, 0.2) is 0 Å². The van der Waals surface area contributed by atoms with E-state index in [1.54, 1.807) is 0 Å². The quantitative estimate of drug-likeness (QED) is 0.788. The molecule has 0 spiro atoms. The molecule has 0 unspecified atom stereocenters. The Bertz CT molecular complexity index is 385. The number of aryl methyl sites for hydroxylation is 1. The lowest BCUT2D eigenvalue weighted by atomic mass is 9.82. The first kappa shape index (κ1) is 14.1. The zero-order valence-corrected chi connectivity index (χ0v) is 12.1. The zero-order chi connectivity index (χ0) is 13.2. The van der Waals surface area contributed by atoms with Crippen LogP contribution in [-0.4, -0.2) is 5.11 Å². The molecule has 0 amide bonds. The summed E-state index contributed by atoms with van der Waals surface area (Å²) in [5, 5.41) is 10.4. The molecular weight excluding hydrogens is 208 g/mol. The molecule has 0 aromatic heterocycles. The first-order valence-electron chi connectivity index (χ1n) is 6.61. The second kappa shape index (κ2) is 5.12. The van der Waals surface area contributed by atoms with E-state index < -0.39 is 0 Å². The molecule has 0 fully saturated rings. The van der Waals surface area contributed by atoms with Crippen LogP contribution in [0.4, 0.5) is 0 Å². The molecule has 0 heterocycles. The molecule has 1 nitrogen and oxygen atoms in total.